The maximum absolute atomic E-state index is 11.5. The summed E-state index contributed by atoms with van der Waals surface area (Å²) in [5.41, 5.74) is 3.78. The number of nitrogens with one attached hydrogen (secondary N) is 2. The molecule has 1 fully saturated rings. The Morgan fingerprint density at radius 2 is 1.76 bits per heavy atom. The molecule has 0 unspecified atom stereocenters. The van der Waals surface area contributed by atoms with E-state index in [1.807, 2.05) is 0 Å². The number of aryl methyl sites for hydroxylation is 2. The highest BCUT2D eigenvalue weighted by atomic mass is 127. The van der Waals surface area contributed by atoms with E-state index in [2.05, 4.69) is 47.7 Å². The highest BCUT2D eigenvalue weighted by Gasteiger charge is 2.45. The predicted octanol–water partition coefficient (Wildman–Crippen LogP) is 2.45. The standard InChI is InChI=1S/C18H29N3O2S.HI/c1-14-9-15(2)11-16(10-14)5-8-20-17(19-3)21-12-18(6-7-18)13-24(4,22)23;/h9-11H,5-8,12-13H2,1-4H3,(H2,19,20,21);1H. The summed E-state index contributed by atoms with van der Waals surface area (Å²) in [5, 5.41) is 6.59. The summed E-state index contributed by atoms with van der Waals surface area (Å²) in [4.78, 5) is 4.23. The van der Waals surface area contributed by atoms with Crippen LogP contribution >= 0.6 is 24.0 Å². The van der Waals surface area contributed by atoms with Gasteiger partial charge in [0.2, 0.25) is 0 Å². The van der Waals surface area contributed by atoms with Crippen LogP contribution in [0.15, 0.2) is 23.2 Å². The third kappa shape index (κ3) is 7.94. The normalized spacial score (nSPS) is 16.1. The third-order valence-corrected chi connectivity index (χ3v) is 5.50. The Kier molecular flexibility index (Phi) is 8.18. The number of halogens is 1. The van der Waals surface area contributed by atoms with E-state index in [0.29, 0.717) is 6.54 Å². The Balaban J connectivity index is 0.00000312. The SMILES string of the molecule is CN=C(NCCc1cc(C)cc(C)c1)NCC1(CS(C)(=O)=O)CC1.I. The molecule has 2 N–H and O–H groups in total. The smallest absolute Gasteiger partial charge is 0.191 e. The first-order valence-corrected chi connectivity index (χ1v) is 10.5. The van der Waals surface area contributed by atoms with E-state index >= 15 is 0 Å². The van der Waals surface area contributed by atoms with Crippen LogP contribution in [0.2, 0.25) is 0 Å². The van der Waals surface area contributed by atoms with Crippen LogP contribution in [0, 0.1) is 19.3 Å². The molecule has 0 radical (unpaired) electrons. The molecule has 0 aliphatic heterocycles. The fraction of sp³-hybridized carbons (Fsp3) is 0.611. The number of guanidine groups is 1. The van der Waals surface area contributed by atoms with Crippen molar-refractivity contribution in [3.05, 3.63) is 34.9 Å². The van der Waals surface area contributed by atoms with Gasteiger partial charge in [0.1, 0.15) is 9.84 Å². The largest absolute Gasteiger partial charge is 0.356 e. The highest BCUT2D eigenvalue weighted by Crippen LogP contribution is 2.45. The number of rotatable bonds is 7. The summed E-state index contributed by atoms with van der Waals surface area (Å²) in [5.74, 6) is 0.992. The van der Waals surface area contributed by atoms with Crippen LogP contribution in [0.5, 0.6) is 0 Å². The molecule has 2 rings (SSSR count). The van der Waals surface area contributed by atoms with Crippen molar-refractivity contribution in [1.29, 1.82) is 0 Å². The van der Waals surface area contributed by atoms with Gasteiger partial charge in [0.05, 0.1) is 5.75 Å². The number of aliphatic imine (C=N–C) groups is 1. The zero-order chi connectivity index (χ0) is 17.8. The number of hydrogen-bond donors (Lipinski definition) is 2. The molecule has 1 aliphatic rings. The lowest BCUT2D eigenvalue weighted by Crippen LogP contribution is -2.42. The van der Waals surface area contributed by atoms with Crippen molar-refractivity contribution in [2.45, 2.75) is 33.1 Å². The van der Waals surface area contributed by atoms with Crippen molar-refractivity contribution in [3.8, 4) is 0 Å². The van der Waals surface area contributed by atoms with Crippen LogP contribution in [-0.2, 0) is 16.3 Å². The topological polar surface area (TPSA) is 70.6 Å². The lowest BCUT2D eigenvalue weighted by atomic mass is 10.1. The summed E-state index contributed by atoms with van der Waals surface area (Å²) in [6.45, 7) is 5.67. The average Bonchev–Trinajstić information content (AvgIpc) is 3.19. The number of sulfone groups is 1. The summed E-state index contributed by atoms with van der Waals surface area (Å²) < 4.78 is 23.0. The fourth-order valence-corrected chi connectivity index (χ4v) is 4.64. The Morgan fingerprint density at radius 3 is 2.24 bits per heavy atom. The van der Waals surface area contributed by atoms with E-state index in [-0.39, 0.29) is 35.1 Å². The maximum atomic E-state index is 11.5. The Morgan fingerprint density at radius 1 is 1.16 bits per heavy atom. The van der Waals surface area contributed by atoms with Crippen molar-refractivity contribution < 1.29 is 8.42 Å². The second-order valence-corrected chi connectivity index (χ2v) is 9.31. The van der Waals surface area contributed by atoms with Crippen LogP contribution < -0.4 is 10.6 Å². The predicted molar refractivity (Wildman–Crippen MR) is 116 cm³/mol. The van der Waals surface area contributed by atoms with E-state index in [1.54, 1.807) is 7.05 Å². The van der Waals surface area contributed by atoms with Gasteiger partial charge in [0, 0.05) is 31.8 Å². The number of nitrogens with zero attached hydrogens (tertiary/aromatic N) is 1. The molecule has 1 aliphatic carbocycles. The zero-order valence-electron chi connectivity index (χ0n) is 15.6. The molecular formula is C18H30IN3O2S. The second kappa shape index (κ2) is 9.21. The van der Waals surface area contributed by atoms with Crippen LogP contribution in [-0.4, -0.2) is 46.5 Å². The van der Waals surface area contributed by atoms with E-state index < -0.39 is 9.84 Å². The monoisotopic (exact) mass is 479 g/mol. The van der Waals surface area contributed by atoms with Crippen molar-refractivity contribution in [2.24, 2.45) is 10.4 Å². The lowest BCUT2D eigenvalue weighted by Gasteiger charge is -2.18. The quantitative estimate of drug-likeness (QED) is 0.358. The van der Waals surface area contributed by atoms with E-state index in [9.17, 15) is 8.42 Å². The zero-order valence-corrected chi connectivity index (χ0v) is 18.7. The minimum atomic E-state index is -2.94. The second-order valence-electron chi connectivity index (χ2n) is 7.17. The van der Waals surface area contributed by atoms with Crippen molar-refractivity contribution in [1.82, 2.24) is 10.6 Å². The number of hydrogen-bond acceptors (Lipinski definition) is 3. The van der Waals surface area contributed by atoms with Gasteiger partial charge in [-0.05, 0) is 38.7 Å². The molecule has 0 atom stereocenters. The Hall–Kier alpha value is -0.830. The lowest BCUT2D eigenvalue weighted by molar-refractivity contribution is 0.529. The van der Waals surface area contributed by atoms with Gasteiger partial charge in [0.25, 0.3) is 0 Å². The molecular weight excluding hydrogens is 449 g/mol. The molecule has 0 bridgehead atoms. The minimum absolute atomic E-state index is 0. The molecule has 1 saturated carbocycles. The van der Waals surface area contributed by atoms with Crippen molar-refractivity contribution >= 4 is 39.8 Å². The van der Waals surface area contributed by atoms with Gasteiger partial charge in [-0.3, -0.25) is 4.99 Å². The Bertz CT molecular complexity index is 693. The molecule has 0 aromatic heterocycles. The van der Waals surface area contributed by atoms with Gasteiger partial charge in [-0.2, -0.15) is 0 Å². The summed E-state index contributed by atoms with van der Waals surface area (Å²) >= 11 is 0. The molecule has 1 aromatic carbocycles. The summed E-state index contributed by atoms with van der Waals surface area (Å²) in [7, 11) is -1.20. The van der Waals surface area contributed by atoms with Gasteiger partial charge >= 0.3 is 0 Å². The van der Waals surface area contributed by atoms with Gasteiger partial charge in [-0.1, -0.05) is 29.3 Å². The average molecular weight is 479 g/mol. The number of benzene rings is 1. The fourth-order valence-electron chi connectivity index (χ4n) is 3.14. The van der Waals surface area contributed by atoms with E-state index in [0.717, 1.165) is 31.8 Å². The van der Waals surface area contributed by atoms with Crippen LogP contribution in [0.4, 0.5) is 0 Å². The van der Waals surface area contributed by atoms with Gasteiger partial charge in [-0.15, -0.1) is 24.0 Å². The van der Waals surface area contributed by atoms with Crippen molar-refractivity contribution in [2.75, 3.05) is 32.1 Å². The molecule has 0 spiro atoms. The molecule has 25 heavy (non-hydrogen) atoms. The Labute approximate surface area is 169 Å². The highest BCUT2D eigenvalue weighted by molar-refractivity contribution is 14.0. The van der Waals surface area contributed by atoms with Crippen LogP contribution in [0.25, 0.3) is 0 Å². The van der Waals surface area contributed by atoms with Gasteiger partial charge in [-0.25, -0.2) is 8.42 Å². The summed E-state index contributed by atoms with van der Waals surface area (Å²) in [6, 6.07) is 6.58. The van der Waals surface area contributed by atoms with Crippen LogP contribution in [0.3, 0.4) is 0 Å². The molecule has 5 nitrogen and oxygen atoms in total. The van der Waals surface area contributed by atoms with Gasteiger partial charge < -0.3 is 10.6 Å². The molecule has 7 heteroatoms. The molecule has 0 heterocycles. The maximum Gasteiger partial charge on any atom is 0.191 e. The van der Waals surface area contributed by atoms with E-state index in [4.69, 9.17) is 0 Å². The first-order valence-electron chi connectivity index (χ1n) is 8.41. The first-order chi connectivity index (χ1) is 11.2. The molecule has 1 aromatic rings. The molecule has 0 saturated heterocycles. The van der Waals surface area contributed by atoms with E-state index in [1.165, 1.54) is 22.9 Å². The first kappa shape index (κ1) is 22.2. The molecule has 0 amide bonds. The minimum Gasteiger partial charge on any atom is -0.356 e. The van der Waals surface area contributed by atoms with Gasteiger partial charge in [0.15, 0.2) is 5.96 Å². The van der Waals surface area contributed by atoms with Crippen LogP contribution in [0.1, 0.15) is 29.5 Å². The molecule has 142 valence electrons. The van der Waals surface area contributed by atoms with Crippen molar-refractivity contribution in [3.63, 3.8) is 0 Å². The third-order valence-electron chi connectivity index (χ3n) is 4.37. The summed E-state index contributed by atoms with van der Waals surface area (Å²) in [6.07, 6.45) is 4.17.